The van der Waals surface area contributed by atoms with Gasteiger partial charge in [0.25, 0.3) is 0 Å². The van der Waals surface area contributed by atoms with Crippen molar-refractivity contribution in [2.45, 2.75) is 0 Å². The molecule has 4 heteroatoms. The Labute approximate surface area is 95.1 Å². The standard InChI is InChI=1S/C11H6ClFOS/c12-10-2-1-7(4-11(10)13)8-3-9(5-14)15-6-8/h1-6H. The van der Waals surface area contributed by atoms with Crippen LogP contribution in [0.5, 0.6) is 0 Å². The molecule has 2 rings (SSSR count). The number of aldehydes is 1. The summed E-state index contributed by atoms with van der Waals surface area (Å²) in [5, 5.41) is 1.91. The average molecular weight is 241 g/mol. The normalized spacial score (nSPS) is 10.3. The lowest BCUT2D eigenvalue weighted by Gasteiger charge is -1.98. The fraction of sp³-hybridized carbons (Fsp3) is 0. The van der Waals surface area contributed by atoms with Crippen molar-refractivity contribution in [3.8, 4) is 11.1 Å². The minimum absolute atomic E-state index is 0.101. The summed E-state index contributed by atoms with van der Waals surface area (Å²) in [5.41, 5.74) is 1.55. The van der Waals surface area contributed by atoms with Crippen LogP contribution in [0.1, 0.15) is 9.67 Å². The fourth-order valence-electron chi connectivity index (χ4n) is 1.24. The van der Waals surface area contributed by atoms with E-state index < -0.39 is 5.82 Å². The molecule has 1 aromatic heterocycles. The number of carbonyl (C=O) groups is 1. The predicted octanol–water partition coefficient (Wildman–Crippen LogP) is 4.02. The Bertz CT molecular complexity index is 507. The summed E-state index contributed by atoms with van der Waals surface area (Å²) in [6.45, 7) is 0. The van der Waals surface area contributed by atoms with Crippen LogP contribution in [-0.4, -0.2) is 6.29 Å². The molecule has 15 heavy (non-hydrogen) atoms. The van der Waals surface area contributed by atoms with Gasteiger partial charge in [-0.1, -0.05) is 17.7 Å². The van der Waals surface area contributed by atoms with Crippen LogP contribution in [0.25, 0.3) is 11.1 Å². The van der Waals surface area contributed by atoms with E-state index in [2.05, 4.69) is 0 Å². The summed E-state index contributed by atoms with van der Waals surface area (Å²) in [5.74, 6) is -0.451. The Hall–Kier alpha value is -1.19. The van der Waals surface area contributed by atoms with E-state index in [-0.39, 0.29) is 5.02 Å². The lowest BCUT2D eigenvalue weighted by molar-refractivity contribution is 0.112. The maximum absolute atomic E-state index is 13.2. The predicted molar refractivity (Wildman–Crippen MR) is 60.1 cm³/mol. The number of rotatable bonds is 2. The molecule has 0 amide bonds. The molecule has 0 bridgehead atoms. The summed E-state index contributed by atoms with van der Waals surface area (Å²) < 4.78 is 13.2. The Kier molecular flexibility index (Phi) is 2.84. The highest BCUT2D eigenvalue weighted by molar-refractivity contribution is 7.12. The smallest absolute Gasteiger partial charge is 0.160 e. The molecule has 0 saturated carbocycles. The molecule has 1 heterocycles. The van der Waals surface area contributed by atoms with Crippen LogP contribution in [-0.2, 0) is 0 Å². The fourth-order valence-corrected chi connectivity index (χ4v) is 2.08. The minimum Gasteiger partial charge on any atom is -0.297 e. The van der Waals surface area contributed by atoms with E-state index in [1.807, 2.05) is 5.38 Å². The Morgan fingerprint density at radius 3 is 2.67 bits per heavy atom. The van der Waals surface area contributed by atoms with Crippen molar-refractivity contribution in [1.29, 1.82) is 0 Å². The number of hydrogen-bond acceptors (Lipinski definition) is 2. The Balaban J connectivity index is 2.44. The lowest BCUT2D eigenvalue weighted by atomic mass is 10.1. The van der Waals surface area contributed by atoms with Gasteiger partial charge in [-0.2, -0.15) is 0 Å². The first-order chi connectivity index (χ1) is 7.20. The molecule has 0 unspecified atom stereocenters. The van der Waals surface area contributed by atoms with E-state index in [9.17, 15) is 9.18 Å². The minimum atomic E-state index is -0.451. The van der Waals surface area contributed by atoms with Crippen LogP contribution in [0.15, 0.2) is 29.6 Å². The molecular formula is C11H6ClFOS. The van der Waals surface area contributed by atoms with E-state index in [1.54, 1.807) is 12.1 Å². The van der Waals surface area contributed by atoms with Gasteiger partial charge in [0.1, 0.15) is 5.82 Å². The van der Waals surface area contributed by atoms with Crippen molar-refractivity contribution in [1.82, 2.24) is 0 Å². The van der Waals surface area contributed by atoms with Crippen LogP contribution >= 0.6 is 22.9 Å². The first-order valence-corrected chi connectivity index (χ1v) is 5.45. The summed E-state index contributed by atoms with van der Waals surface area (Å²) in [6, 6.07) is 6.31. The second-order valence-corrected chi connectivity index (χ2v) is 4.33. The van der Waals surface area contributed by atoms with Crippen molar-refractivity contribution in [2.24, 2.45) is 0 Å². The molecule has 0 atom stereocenters. The molecule has 0 aliphatic rings. The molecule has 2 aromatic rings. The molecule has 0 N–H and O–H groups in total. The largest absolute Gasteiger partial charge is 0.297 e. The molecule has 0 spiro atoms. The van der Waals surface area contributed by atoms with Gasteiger partial charge >= 0.3 is 0 Å². The summed E-state index contributed by atoms with van der Waals surface area (Å²) in [6.07, 6.45) is 0.778. The van der Waals surface area contributed by atoms with Crippen molar-refractivity contribution >= 4 is 29.2 Å². The third-order valence-corrected chi connectivity index (χ3v) is 3.15. The van der Waals surface area contributed by atoms with Crippen LogP contribution in [0.2, 0.25) is 5.02 Å². The third kappa shape index (κ3) is 2.08. The SMILES string of the molecule is O=Cc1cc(-c2ccc(Cl)c(F)c2)cs1. The quantitative estimate of drug-likeness (QED) is 0.725. The van der Waals surface area contributed by atoms with Gasteiger partial charge in [-0.25, -0.2) is 4.39 Å². The molecular weight excluding hydrogens is 235 g/mol. The number of halogens is 2. The molecule has 0 radical (unpaired) electrons. The molecule has 0 aliphatic carbocycles. The monoisotopic (exact) mass is 240 g/mol. The average Bonchev–Trinajstić information content (AvgIpc) is 2.70. The first kappa shape index (κ1) is 10.3. The Morgan fingerprint density at radius 1 is 1.27 bits per heavy atom. The maximum Gasteiger partial charge on any atom is 0.160 e. The summed E-state index contributed by atoms with van der Waals surface area (Å²) in [7, 11) is 0. The van der Waals surface area contributed by atoms with Gasteiger partial charge < -0.3 is 0 Å². The van der Waals surface area contributed by atoms with Crippen LogP contribution in [0.3, 0.4) is 0 Å². The molecule has 0 aliphatic heterocycles. The van der Waals surface area contributed by atoms with Gasteiger partial charge in [0.2, 0.25) is 0 Å². The highest BCUT2D eigenvalue weighted by Crippen LogP contribution is 2.27. The van der Waals surface area contributed by atoms with Crippen molar-refractivity contribution in [3.63, 3.8) is 0 Å². The number of benzene rings is 1. The van der Waals surface area contributed by atoms with Gasteiger partial charge in [0, 0.05) is 0 Å². The zero-order valence-corrected chi connectivity index (χ0v) is 9.11. The van der Waals surface area contributed by atoms with Gasteiger partial charge in [-0.3, -0.25) is 4.79 Å². The molecule has 76 valence electrons. The molecule has 0 fully saturated rings. The highest BCUT2D eigenvalue weighted by atomic mass is 35.5. The molecule has 1 nitrogen and oxygen atoms in total. The Morgan fingerprint density at radius 2 is 2.07 bits per heavy atom. The van der Waals surface area contributed by atoms with Gasteiger partial charge in [-0.15, -0.1) is 11.3 Å². The van der Waals surface area contributed by atoms with E-state index >= 15 is 0 Å². The zero-order valence-electron chi connectivity index (χ0n) is 7.54. The van der Waals surface area contributed by atoms with E-state index in [4.69, 9.17) is 11.6 Å². The van der Waals surface area contributed by atoms with Crippen LogP contribution in [0.4, 0.5) is 4.39 Å². The van der Waals surface area contributed by atoms with Gasteiger partial charge in [0.05, 0.1) is 9.90 Å². The maximum atomic E-state index is 13.2. The molecule has 0 saturated heterocycles. The first-order valence-electron chi connectivity index (χ1n) is 4.20. The topological polar surface area (TPSA) is 17.1 Å². The zero-order chi connectivity index (χ0) is 10.8. The van der Waals surface area contributed by atoms with Gasteiger partial charge in [-0.05, 0) is 34.7 Å². The molecule has 1 aromatic carbocycles. The van der Waals surface area contributed by atoms with Crippen molar-refractivity contribution in [3.05, 3.63) is 45.4 Å². The number of hydrogen-bond donors (Lipinski definition) is 0. The van der Waals surface area contributed by atoms with Gasteiger partial charge in [0.15, 0.2) is 6.29 Å². The van der Waals surface area contributed by atoms with E-state index in [0.717, 1.165) is 17.4 Å². The lowest BCUT2D eigenvalue weighted by Crippen LogP contribution is -1.79. The van der Waals surface area contributed by atoms with Crippen molar-refractivity contribution in [2.75, 3.05) is 0 Å². The van der Waals surface area contributed by atoms with Crippen LogP contribution < -0.4 is 0 Å². The summed E-state index contributed by atoms with van der Waals surface area (Å²) >= 11 is 6.90. The summed E-state index contributed by atoms with van der Waals surface area (Å²) in [4.78, 5) is 11.1. The second kappa shape index (κ2) is 4.13. The van der Waals surface area contributed by atoms with E-state index in [0.29, 0.717) is 4.88 Å². The van der Waals surface area contributed by atoms with Crippen LogP contribution in [0, 0.1) is 5.82 Å². The van der Waals surface area contributed by atoms with E-state index in [1.165, 1.54) is 23.5 Å². The second-order valence-electron chi connectivity index (χ2n) is 2.98. The number of carbonyl (C=O) groups excluding carboxylic acids is 1. The highest BCUT2D eigenvalue weighted by Gasteiger charge is 2.05. The number of thiophene rings is 1. The van der Waals surface area contributed by atoms with Crippen molar-refractivity contribution < 1.29 is 9.18 Å². The third-order valence-electron chi connectivity index (χ3n) is 1.99.